The van der Waals surface area contributed by atoms with Crippen LogP contribution in [0.4, 0.5) is 18.9 Å². The van der Waals surface area contributed by atoms with E-state index >= 15 is 0 Å². The van der Waals surface area contributed by atoms with Crippen molar-refractivity contribution < 1.29 is 27.2 Å². The second kappa shape index (κ2) is 7.69. The lowest BCUT2D eigenvalue weighted by Gasteiger charge is -2.12. The molecule has 2 amide bonds. The molecular formula is C15H12F3IN2O3. The van der Waals surface area contributed by atoms with E-state index in [1.807, 2.05) is 22.6 Å². The maximum Gasteiger partial charge on any atom is 0.416 e. The number of carbonyl (C=O) groups is 2. The molecule has 2 rings (SSSR count). The average Bonchev–Trinajstić information content (AvgIpc) is 3.02. The maximum atomic E-state index is 12.7. The van der Waals surface area contributed by atoms with Crippen LogP contribution >= 0.6 is 22.6 Å². The van der Waals surface area contributed by atoms with E-state index in [0.29, 0.717) is 3.57 Å². The fraction of sp³-hybridized carbons (Fsp3) is 0.200. The summed E-state index contributed by atoms with van der Waals surface area (Å²) in [6.45, 7) is 0.0287. The number of nitrogens with one attached hydrogen (secondary N) is 2. The molecule has 128 valence electrons. The number of hydrogen-bond acceptors (Lipinski definition) is 3. The van der Waals surface area contributed by atoms with Gasteiger partial charge in [-0.15, -0.1) is 0 Å². The van der Waals surface area contributed by atoms with Gasteiger partial charge in [0.05, 0.1) is 17.5 Å². The molecule has 0 bridgehead atoms. The van der Waals surface area contributed by atoms with Gasteiger partial charge in [0.1, 0.15) is 0 Å². The van der Waals surface area contributed by atoms with Gasteiger partial charge in [-0.1, -0.05) is 0 Å². The minimum absolute atomic E-state index is 0.0287. The number of halogens is 4. The predicted molar refractivity (Wildman–Crippen MR) is 88.4 cm³/mol. The van der Waals surface area contributed by atoms with E-state index in [1.165, 1.54) is 18.4 Å². The first-order valence-electron chi connectivity index (χ1n) is 6.75. The van der Waals surface area contributed by atoms with Crippen molar-refractivity contribution in [1.82, 2.24) is 5.32 Å². The van der Waals surface area contributed by atoms with Gasteiger partial charge >= 0.3 is 6.18 Å². The molecule has 0 unspecified atom stereocenters. The number of amides is 2. The van der Waals surface area contributed by atoms with Gasteiger partial charge in [0.15, 0.2) is 5.76 Å². The second-order valence-electron chi connectivity index (χ2n) is 4.72. The Bertz CT molecular complexity index is 730. The number of hydrogen-bond donors (Lipinski definition) is 2. The molecule has 0 radical (unpaired) electrons. The average molecular weight is 452 g/mol. The molecule has 1 aromatic carbocycles. The molecule has 0 atom stereocenters. The van der Waals surface area contributed by atoms with E-state index in [0.717, 1.165) is 12.1 Å². The second-order valence-corrected chi connectivity index (χ2v) is 5.89. The molecule has 0 aliphatic carbocycles. The lowest BCUT2D eigenvalue weighted by atomic mass is 10.2. The van der Waals surface area contributed by atoms with E-state index in [2.05, 4.69) is 10.6 Å². The highest BCUT2D eigenvalue weighted by Crippen LogP contribution is 2.32. The normalized spacial score (nSPS) is 11.2. The number of anilines is 1. The number of rotatable bonds is 5. The summed E-state index contributed by atoms with van der Waals surface area (Å²) in [5, 5.41) is 4.89. The lowest BCUT2D eigenvalue weighted by Crippen LogP contribution is -2.27. The SMILES string of the molecule is O=C(CCNC(=O)c1ccco1)Nc1cc(C(F)(F)F)ccc1I. The first-order valence-corrected chi connectivity index (χ1v) is 7.83. The third kappa shape index (κ3) is 4.98. The highest BCUT2D eigenvalue weighted by molar-refractivity contribution is 14.1. The van der Waals surface area contributed by atoms with E-state index in [4.69, 9.17) is 4.42 Å². The highest BCUT2D eigenvalue weighted by atomic mass is 127. The molecule has 2 aromatic rings. The van der Waals surface area contributed by atoms with Crippen molar-refractivity contribution in [1.29, 1.82) is 0 Å². The fourth-order valence-corrected chi connectivity index (χ4v) is 2.26. The van der Waals surface area contributed by atoms with Gasteiger partial charge in [-0.3, -0.25) is 9.59 Å². The molecule has 0 aliphatic rings. The third-order valence-electron chi connectivity index (χ3n) is 2.95. The quantitative estimate of drug-likeness (QED) is 0.681. The van der Waals surface area contributed by atoms with Crippen LogP contribution in [0, 0.1) is 3.57 Å². The van der Waals surface area contributed by atoms with Crippen LogP contribution in [0.1, 0.15) is 22.5 Å². The van der Waals surface area contributed by atoms with Gasteiger partial charge in [0, 0.05) is 16.5 Å². The van der Waals surface area contributed by atoms with Gasteiger partial charge in [-0.25, -0.2) is 0 Å². The zero-order valence-corrected chi connectivity index (χ0v) is 14.3. The van der Waals surface area contributed by atoms with Crippen molar-refractivity contribution in [3.8, 4) is 0 Å². The molecule has 5 nitrogen and oxygen atoms in total. The van der Waals surface area contributed by atoms with Crippen molar-refractivity contribution in [2.45, 2.75) is 12.6 Å². The Morgan fingerprint density at radius 1 is 1.21 bits per heavy atom. The van der Waals surface area contributed by atoms with Crippen LogP contribution in [-0.2, 0) is 11.0 Å². The first-order chi connectivity index (χ1) is 11.3. The highest BCUT2D eigenvalue weighted by Gasteiger charge is 2.31. The number of furan rings is 1. The Morgan fingerprint density at radius 3 is 2.58 bits per heavy atom. The Morgan fingerprint density at radius 2 is 1.96 bits per heavy atom. The van der Waals surface area contributed by atoms with Crippen LogP contribution in [0.3, 0.4) is 0 Å². The van der Waals surface area contributed by atoms with E-state index < -0.39 is 23.6 Å². The van der Waals surface area contributed by atoms with Crippen LogP contribution in [0.25, 0.3) is 0 Å². The Hall–Kier alpha value is -2.04. The minimum atomic E-state index is -4.49. The number of carbonyl (C=O) groups excluding carboxylic acids is 2. The fourth-order valence-electron chi connectivity index (χ4n) is 1.79. The molecule has 1 heterocycles. The molecule has 1 aromatic heterocycles. The van der Waals surface area contributed by atoms with Crippen molar-refractivity contribution in [3.05, 3.63) is 51.5 Å². The minimum Gasteiger partial charge on any atom is -0.459 e. The van der Waals surface area contributed by atoms with E-state index in [1.54, 1.807) is 6.07 Å². The Labute approximate surface area is 148 Å². The Balaban J connectivity index is 1.89. The maximum absolute atomic E-state index is 12.7. The predicted octanol–water partition coefficient (Wildman–Crippen LogP) is 3.66. The summed E-state index contributed by atoms with van der Waals surface area (Å²) < 4.78 is 43.4. The summed E-state index contributed by atoms with van der Waals surface area (Å²) >= 11 is 1.83. The third-order valence-corrected chi connectivity index (χ3v) is 3.89. The summed E-state index contributed by atoms with van der Waals surface area (Å²) in [6, 6.07) is 6.12. The standard InChI is InChI=1S/C15H12F3IN2O3/c16-15(17,18)9-3-4-10(19)11(8-9)21-13(22)5-6-20-14(23)12-2-1-7-24-12/h1-4,7-8H,5-6H2,(H,20,23)(H,21,22). The Kier molecular flexibility index (Phi) is 5.86. The van der Waals surface area contributed by atoms with Gasteiger partial charge in [-0.2, -0.15) is 13.2 Å². The first kappa shape index (κ1) is 18.3. The van der Waals surface area contributed by atoms with Crippen LogP contribution in [-0.4, -0.2) is 18.4 Å². The summed E-state index contributed by atoms with van der Waals surface area (Å²) in [5.41, 5.74) is -0.767. The summed E-state index contributed by atoms with van der Waals surface area (Å²) in [6.07, 6.45) is -3.23. The van der Waals surface area contributed by atoms with Gasteiger partial charge < -0.3 is 15.1 Å². The molecule has 0 aliphatic heterocycles. The summed E-state index contributed by atoms with van der Waals surface area (Å²) in [7, 11) is 0. The van der Waals surface area contributed by atoms with Crippen molar-refractivity contribution in [2.75, 3.05) is 11.9 Å². The molecule has 0 fully saturated rings. The molecular weight excluding hydrogens is 440 g/mol. The molecule has 0 saturated carbocycles. The topological polar surface area (TPSA) is 71.3 Å². The number of alkyl halides is 3. The lowest BCUT2D eigenvalue weighted by molar-refractivity contribution is -0.137. The number of benzene rings is 1. The van der Waals surface area contributed by atoms with Gasteiger partial charge in [0.2, 0.25) is 5.91 Å². The smallest absolute Gasteiger partial charge is 0.416 e. The monoisotopic (exact) mass is 452 g/mol. The van der Waals surface area contributed by atoms with Crippen molar-refractivity contribution >= 4 is 40.1 Å². The van der Waals surface area contributed by atoms with Gasteiger partial charge in [0.25, 0.3) is 5.91 Å². The van der Waals surface area contributed by atoms with E-state index in [-0.39, 0.29) is 24.4 Å². The molecule has 9 heteroatoms. The zero-order valence-electron chi connectivity index (χ0n) is 12.1. The summed E-state index contributed by atoms with van der Waals surface area (Å²) in [5.74, 6) is -0.865. The summed E-state index contributed by atoms with van der Waals surface area (Å²) in [4.78, 5) is 23.4. The molecule has 0 saturated heterocycles. The molecule has 2 N–H and O–H groups in total. The van der Waals surface area contributed by atoms with Gasteiger partial charge in [-0.05, 0) is 52.9 Å². The largest absolute Gasteiger partial charge is 0.459 e. The van der Waals surface area contributed by atoms with Crippen molar-refractivity contribution in [2.24, 2.45) is 0 Å². The zero-order chi connectivity index (χ0) is 17.7. The van der Waals surface area contributed by atoms with Crippen LogP contribution in [0.15, 0.2) is 41.0 Å². The van der Waals surface area contributed by atoms with E-state index in [9.17, 15) is 22.8 Å². The van der Waals surface area contributed by atoms with Crippen molar-refractivity contribution in [3.63, 3.8) is 0 Å². The molecule has 0 spiro atoms. The molecule has 24 heavy (non-hydrogen) atoms. The van der Waals surface area contributed by atoms with Crippen LogP contribution in [0.2, 0.25) is 0 Å². The van der Waals surface area contributed by atoms with Crippen LogP contribution in [0.5, 0.6) is 0 Å². The van der Waals surface area contributed by atoms with Crippen LogP contribution < -0.4 is 10.6 Å².